The third kappa shape index (κ3) is 39.7. The maximum absolute atomic E-state index is 12.6. The minimum Gasteiger partial charge on any atom is -0.480 e. The molecule has 0 aromatic rings. The van der Waals surface area contributed by atoms with E-state index >= 15 is 0 Å². The number of phosphoric acid groups is 1. The maximum Gasteiger partial charge on any atom is 0.472 e. The highest BCUT2D eigenvalue weighted by Crippen LogP contribution is 2.43. The van der Waals surface area contributed by atoms with Crippen LogP contribution >= 0.6 is 7.82 Å². The number of allylic oxidation sites excluding steroid dienone is 12. The standard InChI is InChI=1S/C46H78NO10P/c1-3-5-7-9-11-13-15-17-19-20-21-22-24-25-27-29-31-33-35-37-44(48)54-39-42(40-55-58(52,53)56-41-43(47)46(50)51)57-45(49)38-36-34-32-30-28-26-23-18-16-14-12-10-8-6-4-2/h5,7,11,13,17,19,21-22,25,27,31,33,42-43H,3-4,6,8-10,12,14-16,18,20,23-24,26,28-30,32,34-41,47H2,1-2H3,(H,50,51)(H,52,53)/t42-,43+/m1/s1. The van der Waals surface area contributed by atoms with E-state index < -0.39 is 51.1 Å². The Morgan fingerprint density at radius 2 is 0.966 bits per heavy atom. The van der Waals surface area contributed by atoms with Gasteiger partial charge in [-0.1, -0.05) is 177 Å². The van der Waals surface area contributed by atoms with Crippen LogP contribution in [0.5, 0.6) is 0 Å². The molecule has 332 valence electrons. The van der Waals surface area contributed by atoms with E-state index in [1.807, 2.05) is 12.2 Å². The fraction of sp³-hybridized carbons (Fsp3) is 0.674. The molecule has 0 bridgehead atoms. The molecule has 0 saturated carbocycles. The Kier molecular flexibility index (Phi) is 38.5. The molecule has 0 aliphatic carbocycles. The van der Waals surface area contributed by atoms with Crippen LogP contribution in [0.15, 0.2) is 72.9 Å². The number of carboxylic acids is 1. The molecular weight excluding hydrogens is 757 g/mol. The molecule has 0 heterocycles. The highest BCUT2D eigenvalue weighted by atomic mass is 31.2. The molecule has 0 spiro atoms. The number of carbonyl (C=O) groups is 3. The lowest BCUT2D eigenvalue weighted by Crippen LogP contribution is -2.34. The summed E-state index contributed by atoms with van der Waals surface area (Å²) in [5.74, 6) is -2.49. The number of ether oxygens (including phenoxy) is 2. The van der Waals surface area contributed by atoms with E-state index in [0.717, 1.165) is 57.8 Å². The number of hydrogen-bond donors (Lipinski definition) is 3. The summed E-state index contributed by atoms with van der Waals surface area (Å²) in [6.45, 7) is 2.61. The van der Waals surface area contributed by atoms with Crippen molar-refractivity contribution >= 4 is 25.7 Å². The second-order valence-electron chi connectivity index (χ2n) is 14.5. The molecule has 4 N–H and O–H groups in total. The van der Waals surface area contributed by atoms with Gasteiger partial charge in [0, 0.05) is 12.8 Å². The number of carbonyl (C=O) groups excluding carboxylic acids is 2. The number of esters is 2. The lowest BCUT2D eigenvalue weighted by atomic mass is 10.0. The summed E-state index contributed by atoms with van der Waals surface area (Å²) in [6, 6.07) is -1.53. The number of nitrogens with two attached hydrogens (primary N) is 1. The van der Waals surface area contributed by atoms with Crippen LogP contribution in [-0.2, 0) is 37.5 Å². The van der Waals surface area contributed by atoms with Crippen molar-refractivity contribution < 1.29 is 47.5 Å². The van der Waals surface area contributed by atoms with Crippen molar-refractivity contribution in [1.29, 1.82) is 0 Å². The van der Waals surface area contributed by atoms with Crippen LogP contribution in [0.1, 0.15) is 168 Å². The SMILES string of the molecule is CCC=CCC=CCC=CCC=CCC=CCC=CCCC(=O)OC[C@H](COP(=O)(O)OC[C@H](N)C(=O)O)OC(=O)CCCCCCCCCCCCCCCCC. The molecule has 0 rings (SSSR count). The van der Waals surface area contributed by atoms with Gasteiger partial charge in [0.1, 0.15) is 12.6 Å². The molecule has 0 radical (unpaired) electrons. The molecule has 12 heteroatoms. The van der Waals surface area contributed by atoms with E-state index in [0.29, 0.717) is 12.8 Å². The van der Waals surface area contributed by atoms with Crippen LogP contribution < -0.4 is 5.73 Å². The average Bonchev–Trinajstić information content (AvgIpc) is 3.20. The van der Waals surface area contributed by atoms with Crippen molar-refractivity contribution in [3.8, 4) is 0 Å². The minimum atomic E-state index is -4.73. The van der Waals surface area contributed by atoms with Crippen molar-refractivity contribution in [3.63, 3.8) is 0 Å². The van der Waals surface area contributed by atoms with Gasteiger partial charge in [-0.25, -0.2) is 4.57 Å². The predicted octanol–water partition coefficient (Wildman–Crippen LogP) is 11.7. The third-order valence-corrected chi connectivity index (χ3v) is 9.93. The first-order valence-corrected chi connectivity index (χ1v) is 23.5. The Morgan fingerprint density at radius 1 is 0.552 bits per heavy atom. The number of unbranched alkanes of at least 4 members (excludes halogenated alkanes) is 14. The van der Waals surface area contributed by atoms with Crippen LogP contribution in [0.4, 0.5) is 0 Å². The fourth-order valence-corrected chi connectivity index (χ4v) is 6.34. The summed E-state index contributed by atoms with van der Waals surface area (Å²) in [5.41, 5.74) is 5.33. The molecule has 0 aliphatic rings. The second-order valence-corrected chi connectivity index (χ2v) is 15.9. The van der Waals surface area contributed by atoms with E-state index in [2.05, 4.69) is 79.1 Å². The van der Waals surface area contributed by atoms with Crippen molar-refractivity contribution in [2.45, 2.75) is 180 Å². The molecule has 58 heavy (non-hydrogen) atoms. The molecule has 0 aromatic carbocycles. The first-order chi connectivity index (χ1) is 28.1. The Balaban J connectivity index is 4.48. The van der Waals surface area contributed by atoms with Gasteiger partial charge in [-0.2, -0.15) is 0 Å². The van der Waals surface area contributed by atoms with Crippen LogP contribution in [0, 0.1) is 0 Å². The number of phosphoric ester groups is 1. The monoisotopic (exact) mass is 836 g/mol. The van der Waals surface area contributed by atoms with E-state index in [9.17, 15) is 23.8 Å². The zero-order chi connectivity index (χ0) is 42.8. The second kappa shape index (κ2) is 40.7. The number of carboxylic acid groups (broad SMARTS) is 1. The number of hydrogen-bond acceptors (Lipinski definition) is 9. The van der Waals surface area contributed by atoms with Crippen molar-refractivity contribution in [1.82, 2.24) is 0 Å². The van der Waals surface area contributed by atoms with E-state index in [1.54, 1.807) is 0 Å². The highest BCUT2D eigenvalue weighted by Gasteiger charge is 2.28. The van der Waals surface area contributed by atoms with Gasteiger partial charge in [0.15, 0.2) is 6.10 Å². The molecule has 0 saturated heterocycles. The van der Waals surface area contributed by atoms with Gasteiger partial charge in [0.25, 0.3) is 0 Å². The van der Waals surface area contributed by atoms with Crippen LogP contribution in [0.25, 0.3) is 0 Å². The van der Waals surface area contributed by atoms with Gasteiger partial charge in [-0.15, -0.1) is 0 Å². The quantitative estimate of drug-likeness (QED) is 0.0232. The van der Waals surface area contributed by atoms with Gasteiger partial charge >= 0.3 is 25.7 Å². The molecule has 3 atom stereocenters. The summed E-state index contributed by atoms with van der Waals surface area (Å²) in [4.78, 5) is 45.9. The Bertz CT molecular complexity index is 1260. The van der Waals surface area contributed by atoms with E-state index in [-0.39, 0.29) is 19.4 Å². The first kappa shape index (κ1) is 54.9. The summed E-state index contributed by atoms with van der Waals surface area (Å²) in [7, 11) is -4.73. The van der Waals surface area contributed by atoms with Crippen molar-refractivity contribution in [2.24, 2.45) is 5.73 Å². The largest absolute Gasteiger partial charge is 0.480 e. The predicted molar refractivity (Wildman–Crippen MR) is 235 cm³/mol. The van der Waals surface area contributed by atoms with Crippen molar-refractivity contribution in [2.75, 3.05) is 19.8 Å². The Morgan fingerprint density at radius 3 is 1.41 bits per heavy atom. The summed E-state index contributed by atoms with van der Waals surface area (Å²) >= 11 is 0. The van der Waals surface area contributed by atoms with Gasteiger partial charge < -0.3 is 25.2 Å². The van der Waals surface area contributed by atoms with E-state index in [1.165, 1.54) is 70.6 Å². The zero-order valence-corrected chi connectivity index (χ0v) is 36.8. The van der Waals surface area contributed by atoms with Gasteiger partial charge in [0.2, 0.25) is 0 Å². The summed E-state index contributed by atoms with van der Waals surface area (Å²) in [6.07, 6.45) is 48.4. The fourth-order valence-electron chi connectivity index (χ4n) is 5.56. The normalized spacial score (nSPS) is 14.4. The van der Waals surface area contributed by atoms with Gasteiger partial charge in [-0.3, -0.25) is 23.4 Å². The molecule has 0 aromatic heterocycles. The first-order valence-electron chi connectivity index (χ1n) is 22.0. The van der Waals surface area contributed by atoms with E-state index in [4.69, 9.17) is 24.8 Å². The van der Waals surface area contributed by atoms with Crippen LogP contribution in [0.3, 0.4) is 0 Å². The molecule has 0 aliphatic heterocycles. The summed E-state index contributed by atoms with van der Waals surface area (Å²) < 4.78 is 32.6. The van der Waals surface area contributed by atoms with Crippen molar-refractivity contribution in [3.05, 3.63) is 72.9 Å². The molecule has 11 nitrogen and oxygen atoms in total. The van der Waals surface area contributed by atoms with Crippen LogP contribution in [-0.4, -0.2) is 59.9 Å². The maximum atomic E-state index is 12.6. The number of aliphatic carboxylic acids is 1. The number of rotatable bonds is 40. The lowest BCUT2D eigenvalue weighted by Gasteiger charge is -2.20. The molecule has 0 amide bonds. The zero-order valence-electron chi connectivity index (χ0n) is 35.9. The highest BCUT2D eigenvalue weighted by molar-refractivity contribution is 7.47. The third-order valence-electron chi connectivity index (χ3n) is 8.98. The lowest BCUT2D eigenvalue weighted by molar-refractivity contribution is -0.161. The molecular formula is C46H78NO10P. The Labute approximate surface area is 350 Å². The Hall–Kier alpha value is -3.08. The average molecular weight is 836 g/mol. The van der Waals surface area contributed by atoms with Gasteiger partial charge in [0.05, 0.1) is 13.2 Å². The van der Waals surface area contributed by atoms with Crippen LogP contribution in [0.2, 0.25) is 0 Å². The molecule has 1 unspecified atom stereocenters. The topological polar surface area (TPSA) is 172 Å². The molecule has 0 fully saturated rings. The summed E-state index contributed by atoms with van der Waals surface area (Å²) in [5, 5.41) is 8.89. The van der Waals surface area contributed by atoms with Gasteiger partial charge in [-0.05, 0) is 51.4 Å². The smallest absolute Gasteiger partial charge is 0.472 e. The minimum absolute atomic E-state index is 0.0947.